The van der Waals surface area contributed by atoms with Crippen LogP contribution in [0.1, 0.15) is 17.1 Å². The molecular formula is C14H18FN5. The summed E-state index contributed by atoms with van der Waals surface area (Å²) in [6.45, 7) is 2.89. The highest BCUT2D eigenvalue weighted by atomic mass is 19.1. The zero-order valence-electron chi connectivity index (χ0n) is 11.6. The first-order valence-electron chi connectivity index (χ1n) is 6.31. The number of halogens is 1. The van der Waals surface area contributed by atoms with Crippen molar-refractivity contribution in [2.24, 2.45) is 5.84 Å². The van der Waals surface area contributed by atoms with E-state index in [0.29, 0.717) is 30.3 Å². The van der Waals surface area contributed by atoms with Gasteiger partial charge in [0.1, 0.15) is 17.5 Å². The van der Waals surface area contributed by atoms with Crippen LogP contribution in [0.2, 0.25) is 0 Å². The number of aromatic nitrogens is 2. The van der Waals surface area contributed by atoms with Gasteiger partial charge in [-0.2, -0.15) is 0 Å². The van der Waals surface area contributed by atoms with Crippen LogP contribution in [0.3, 0.4) is 0 Å². The molecule has 20 heavy (non-hydrogen) atoms. The average molecular weight is 275 g/mol. The maximum Gasteiger partial charge on any atom is 0.145 e. The second-order valence-electron chi connectivity index (χ2n) is 4.72. The number of hydrogen-bond donors (Lipinski definition) is 2. The molecule has 0 bridgehead atoms. The molecule has 5 nitrogen and oxygen atoms in total. The maximum absolute atomic E-state index is 13.6. The quantitative estimate of drug-likeness (QED) is 0.644. The molecule has 0 aliphatic heterocycles. The van der Waals surface area contributed by atoms with Gasteiger partial charge in [0.25, 0.3) is 0 Å². The van der Waals surface area contributed by atoms with Crippen molar-refractivity contribution < 1.29 is 4.39 Å². The van der Waals surface area contributed by atoms with Gasteiger partial charge in [0.05, 0.1) is 6.54 Å². The Morgan fingerprint density at radius 3 is 2.70 bits per heavy atom. The van der Waals surface area contributed by atoms with E-state index in [1.807, 2.05) is 24.9 Å². The molecule has 106 valence electrons. The fourth-order valence-corrected chi connectivity index (χ4v) is 1.99. The molecule has 0 atom stereocenters. The molecule has 0 unspecified atom stereocenters. The third kappa shape index (κ3) is 3.72. The molecule has 0 amide bonds. The van der Waals surface area contributed by atoms with Crippen LogP contribution in [-0.4, -0.2) is 21.9 Å². The lowest BCUT2D eigenvalue weighted by molar-refractivity contribution is 0.305. The molecule has 3 N–H and O–H groups in total. The van der Waals surface area contributed by atoms with E-state index in [1.165, 1.54) is 6.07 Å². The molecule has 0 saturated heterocycles. The summed E-state index contributed by atoms with van der Waals surface area (Å²) in [6, 6.07) is 8.51. The first kappa shape index (κ1) is 14.4. The number of rotatable bonds is 5. The number of hydrazine groups is 1. The van der Waals surface area contributed by atoms with Gasteiger partial charge in [-0.3, -0.25) is 4.90 Å². The molecule has 1 aromatic carbocycles. The first-order valence-corrected chi connectivity index (χ1v) is 6.31. The van der Waals surface area contributed by atoms with E-state index in [1.54, 1.807) is 18.2 Å². The Hall–Kier alpha value is -2.05. The summed E-state index contributed by atoms with van der Waals surface area (Å²) in [5, 5.41) is 0. The number of nitrogens with two attached hydrogens (primary N) is 1. The highest BCUT2D eigenvalue weighted by Gasteiger charge is 2.08. The highest BCUT2D eigenvalue weighted by molar-refractivity contribution is 5.33. The Bertz CT molecular complexity index is 588. The Morgan fingerprint density at radius 2 is 2.00 bits per heavy atom. The van der Waals surface area contributed by atoms with Crippen LogP contribution >= 0.6 is 0 Å². The van der Waals surface area contributed by atoms with Crippen LogP contribution in [0, 0.1) is 12.7 Å². The first-order chi connectivity index (χ1) is 9.58. The lowest BCUT2D eigenvalue weighted by atomic mass is 10.2. The molecule has 1 aromatic heterocycles. The number of nitrogens with one attached hydrogen (secondary N) is 1. The van der Waals surface area contributed by atoms with Gasteiger partial charge < -0.3 is 5.43 Å². The minimum absolute atomic E-state index is 0.200. The Balaban J connectivity index is 2.06. The lowest BCUT2D eigenvalue weighted by Crippen LogP contribution is -2.20. The normalized spacial score (nSPS) is 10.8. The molecule has 0 saturated carbocycles. The Labute approximate surface area is 117 Å². The summed E-state index contributed by atoms with van der Waals surface area (Å²) in [5.74, 6) is 6.38. The Kier molecular flexibility index (Phi) is 4.60. The van der Waals surface area contributed by atoms with Gasteiger partial charge >= 0.3 is 0 Å². The predicted molar refractivity (Wildman–Crippen MR) is 76.2 cm³/mol. The molecule has 0 spiro atoms. The van der Waals surface area contributed by atoms with Crippen LogP contribution in [0.5, 0.6) is 0 Å². The molecule has 2 aromatic rings. The third-order valence-corrected chi connectivity index (χ3v) is 2.86. The number of aryl methyl sites for hydroxylation is 1. The summed E-state index contributed by atoms with van der Waals surface area (Å²) < 4.78 is 13.6. The predicted octanol–water partition coefficient (Wildman–Crippen LogP) is 1.84. The van der Waals surface area contributed by atoms with E-state index >= 15 is 0 Å². The minimum atomic E-state index is -0.200. The second kappa shape index (κ2) is 6.40. The van der Waals surface area contributed by atoms with Crippen molar-refractivity contribution >= 4 is 5.82 Å². The zero-order valence-corrected chi connectivity index (χ0v) is 11.6. The number of anilines is 1. The van der Waals surface area contributed by atoms with Crippen molar-refractivity contribution in [3.05, 3.63) is 53.2 Å². The SMILES string of the molecule is Cc1cc(NN)nc(CN(C)Cc2ccccc2F)n1. The van der Waals surface area contributed by atoms with Gasteiger partial charge in [0, 0.05) is 23.9 Å². The van der Waals surface area contributed by atoms with Crippen molar-refractivity contribution in [1.29, 1.82) is 0 Å². The van der Waals surface area contributed by atoms with Gasteiger partial charge in [-0.15, -0.1) is 0 Å². The van der Waals surface area contributed by atoms with E-state index in [0.717, 1.165) is 5.69 Å². The largest absolute Gasteiger partial charge is 0.308 e. The average Bonchev–Trinajstić information content (AvgIpc) is 2.40. The molecule has 6 heteroatoms. The third-order valence-electron chi connectivity index (χ3n) is 2.86. The van der Waals surface area contributed by atoms with Gasteiger partial charge in [-0.25, -0.2) is 20.2 Å². The molecule has 2 rings (SSSR count). The molecule has 0 radical (unpaired) electrons. The number of benzene rings is 1. The summed E-state index contributed by atoms with van der Waals surface area (Å²) in [7, 11) is 1.90. The van der Waals surface area contributed by atoms with Crippen LogP contribution in [0.15, 0.2) is 30.3 Å². The number of nitrogen functional groups attached to an aromatic ring is 1. The number of nitrogens with zero attached hydrogens (tertiary/aromatic N) is 3. The van der Waals surface area contributed by atoms with Gasteiger partial charge in [-0.1, -0.05) is 18.2 Å². The minimum Gasteiger partial charge on any atom is -0.308 e. The Morgan fingerprint density at radius 1 is 1.25 bits per heavy atom. The zero-order chi connectivity index (χ0) is 14.5. The molecular weight excluding hydrogens is 257 g/mol. The second-order valence-corrected chi connectivity index (χ2v) is 4.72. The van der Waals surface area contributed by atoms with Gasteiger partial charge in [0.15, 0.2) is 0 Å². The van der Waals surface area contributed by atoms with Crippen molar-refractivity contribution in [3.8, 4) is 0 Å². The van der Waals surface area contributed by atoms with Crippen LogP contribution in [-0.2, 0) is 13.1 Å². The monoisotopic (exact) mass is 275 g/mol. The number of hydrogen-bond acceptors (Lipinski definition) is 5. The van der Waals surface area contributed by atoms with Gasteiger partial charge in [-0.05, 0) is 20.0 Å². The van der Waals surface area contributed by atoms with Crippen LogP contribution < -0.4 is 11.3 Å². The van der Waals surface area contributed by atoms with E-state index in [4.69, 9.17) is 5.84 Å². The molecule has 1 heterocycles. The van der Waals surface area contributed by atoms with E-state index in [2.05, 4.69) is 15.4 Å². The van der Waals surface area contributed by atoms with E-state index in [9.17, 15) is 4.39 Å². The highest BCUT2D eigenvalue weighted by Crippen LogP contribution is 2.11. The summed E-state index contributed by atoms with van der Waals surface area (Å²) in [5.41, 5.74) is 4.00. The fourth-order valence-electron chi connectivity index (χ4n) is 1.99. The van der Waals surface area contributed by atoms with E-state index in [-0.39, 0.29) is 5.82 Å². The fraction of sp³-hybridized carbons (Fsp3) is 0.286. The van der Waals surface area contributed by atoms with Crippen molar-refractivity contribution in [3.63, 3.8) is 0 Å². The lowest BCUT2D eigenvalue weighted by Gasteiger charge is -2.16. The smallest absolute Gasteiger partial charge is 0.145 e. The van der Waals surface area contributed by atoms with Crippen molar-refractivity contribution in [1.82, 2.24) is 14.9 Å². The molecule has 0 fully saturated rings. The summed E-state index contributed by atoms with van der Waals surface area (Å²) in [4.78, 5) is 10.6. The molecule has 0 aliphatic carbocycles. The van der Waals surface area contributed by atoms with Crippen molar-refractivity contribution in [2.75, 3.05) is 12.5 Å². The van der Waals surface area contributed by atoms with Crippen LogP contribution in [0.4, 0.5) is 10.2 Å². The van der Waals surface area contributed by atoms with Crippen LogP contribution in [0.25, 0.3) is 0 Å². The van der Waals surface area contributed by atoms with Gasteiger partial charge in [0.2, 0.25) is 0 Å². The van der Waals surface area contributed by atoms with Crippen molar-refractivity contribution in [2.45, 2.75) is 20.0 Å². The summed E-state index contributed by atoms with van der Waals surface area (Å²) in [6.07, 6.45) is 0. The standard InChI is InChI=1S/C14H18FN5/c1-10-7-13(19-16)18-14(17-10)9-20(2)8-11-5-3-4-6-12(11)15/h3-7H,8-9,16H2,1-2H3,(H,17,18,19). The topological polar surface area (TPSA) is 67.1 Å². The summed E-state index contributed by atoms with van der Waals surface area (Å²) >= 11 is 0. The van der Waals surface area contributed by atoms with E-state index < -0.39 is 0 Å². The molecule has 0 aliphatic rings. The maximum atomic E-state index is 13.6.